The molecule has 1 atom stereocenters. The average molecular weight is 254 g/mol. The third-order valence-corrected chi connectivity index (χ3v) is 4.11. The van der Waals surface area contributed by atoms with Crippen LogP contribution in [0, 0.1) is 12.8 Å². The van der Waals surface area contributed by atoms with E-state index in [9.17, 15) is 4.79 Å². The van der Waals surface area contributed by atoms with Gasteiger partial charge in [0.1, 0.15) is 0 Å². The zero-order valence-corrected chi connectivity index (χ0v) is 10.8. The Morgan fingerprint density at radius 1 is 1.71 bits per heavy atom. The summed E-state index contributed by atoms with van der Waals surface area (Å²) < 4.78 is 5.29. The molecule has 0 aliphatic carbocycles. The largest absolute Gasteiger partial charge is 0.398 e. The second-order valence-corrected chi connectivity index (χ2v) is 5.65. The predicted molar refractivity (Wildman–Crippen MR) is 69.3 cm³/mol. The number of nitrogens with one attached hydrogen (secondary N) is 1. The van der Waals surface area contributed by atoms with Crippen molar-refractivity contribution in [3.63, 3.8) is 0 Å². The van der Waals surface area contributed by atoms with Crippen LogP contribution in [0.2, 0.25) is 0 Å². The van der Waals surface area contributed by atoms with Gasteiger partial charge in [-0.15, -0.1) is 11.3 Å². The Balaban J connectivity index is 1.76. The highest BCUT2D eigenvalue weighted by atomic mass is 32.1. The molecule has 94 valence electrons. The molecular weight excluding hydrogens is 236 g/mol. The van der Waals surface area contributed by atoms with Crippen molar-refractivity contribution >= 4 is 22.9 Å². The second-order valence-electron chi connectivity index (χ2n) is 4.40. The molecule has 0 saturated carbocycles. The van der Waals surface area contributed by atoms with E-state index in [4.69, 9.17) is 10.5 Å². The maximum Gasteiger partial charge on any atom is 0.261 e. The van der Waals surface area contributed by atoms with Gasteiger partial charge in [-0.05, 0) is 31.7 Å². The summed E-state index contributed by atoms with van der Waals surface area (Å²) in [5, 5.41) is 2.93. The average Bonchev–Trinajstić information content (AvgIpc) is 2.90. The Morgan fingerprint density at radius 3 is 3.12 bits per heavy atom. The highest BCUT2D eigenvalue weighted by Gasteiger charge is 2.16. The van der Waals surface area contributed by atoms with Gasteiger partial charge in [0.05, 0.1) is 4.88 Å². The van der Waals surface area contributed by atoms with E-state index in [1.165, 1.54) is 11.3 Å². The lowest BCUT2D eigenvalue weighted by Gasteiger charge is -2.07. The Bertz CT molecular complexity index is 378. The smallest absolute Gasteiger partial charge is 0.261 e. The number of nitrogen functional groups attached to an aromatic ring is 1. The van der Waals surface area contributed by atoms with Gasteiger partial charge >= 0.3 is 0 Å². The van der Waals surface area contributed by atoms with Crippen LogP contribution >= 0.6 is 11.3 Å². The molecule has 17 heavy (non-hydrogen) atoms. The van der Waals surface area contributed by atoms with Gasteiger partial charge in [-0.25, -0.2) is 0 Å². The fourth-order valence-corrected chi connectivity index (χ4v) is 2.75. The Labute approximate surface area is 105 Å². The molecule has 1 aromatic heterocycles. The first-order chi connectivity index (χ1) is 8.16. The fraction of sp³-hybridized carbons (Fsp3) is 0.583. The van der Waals surface area contributed by atoms with E-state index >= 15 is 0 Å². The number of hydrogen-bond acceptors (Lipinski definition) is 4. The molecule has 2 heterocycles. The van der Waals surface area contributed by atoms with Crippen LogP contribution in [-0.4, -0.2) is 25.7 Å². The zero-order chi connectivity index (χ0) is 12.3. The summed E-state index contributed by atoms with van der Waals surface area (Å²) in [4.78, 5) is 13.5. The molecule has 4 nitrogen and oxygen atoms in total. The molecule has 2 rings (SSSR count). The SMILES string of the molecule is Cc1sc(C(=O)NCCC2CCOC2)cc1N. The maximum atomic E-state index is 11.8. The minimum Gasteiger partial charge on any atom is -0.398 e. The lowest BCUT2D eigenvalue weighted by molar-refractivity contribution is 0.0954. The third kappa shape index (κ3) is 3.20. The Hall–Kier alpha value is -1.07. The van der Waals surface area contributed by atoms with Crippen LogP contribution in [0.3, 0.4) is 0 Å². The van der Waals surface area contributed by atoms with Crippen LogP contribution in [0.1, 0.15) is 27.4 Å². The molecule has 1 aromatic rings. The van der Waals surface area contributed by atoms with E-state index in [0.29, 0.717) is 23.0 Å². The van der Waals surface area contributed by atoms with E-state index in [1.807, 2.05) is 6.92 Å². The molecule has 1 unspecified atom stereocenters. The number of nitrogens with two attached hydrogens (primary N) is 1. The summed E-state index contributed by atoms with van der Waals surface area (Å²) in [5.41, 5.74) is 6.42. The molecule has 0 aromatic carbocycles. The van der Waals surface area contributed by atoms with Crippen LogP contribution in [0.15, 0.2) is 6.07 Å². The zero-order valence-electron chi connectivity index (χ0n) is 9.99. The first kappa shape index (κ1) is 12.4. The number of hydrogen-bond donors (Lipinski definition) is 2. The maximum absolute atomic E-state index is 11.8. The van der Waals surface area contributed by atoms with Crippen LogP contribution < -0.4 is 11.1 Å². The van der Waals surface area contributed by atoms with E-state index in [2.05, 4.69) is 5.32 Å². The van der Waals surface area contributed by atoms with Crippen molar-refractivity contribution in [3.8, 4) is 0 Å². The number of thiophene rings is 1. The summed E-state index contributed by atoms with van der Waals surface area (Å²) in [5.74, 6) is 0.583. The minimum atomic E-state index is -0.0197. The van der Waals surface area contributed by atoms with Gasteiger partial charge < -0.3 is 15.8 Å². The standard InChI is InChI=1S/C12H18N2O2S/c1-8-10(13)6-11(17-8)12(15)14-4-2-9-3-5-16-7-9/h6,9H,2-5,7,13H2,1H3,(H,14,15). The summed E-state index contributed by atoms with van der Waals surface area (Å²) >= 11 is 1.44. The number of aryl methyl sites for hydroxylation is 1. The highest BCUT2D eigenvalue weighted by Crippen LogP contribution is 2.23. The summed E-state index contributed by atoms with van der Waals surface area (Å²) in [6.45, 7) is 4.33. The normalized spacial score (nSPS) is 19.5. The summed E-state index contributed by atoms with van der Waals surface area (Å²) in [7, 11) is 0. The molecule has 1 aliphatic heterocycles. The molecule has 3 N–H and O–H groups in total. The molecule has 0 radical (unpaired) electrons. The molecule has 1 amide bonds. The van der Waals surface area contributed by atoms with Crippen molar-refractivity contribution < 1.29 is 9.53 Å². The molecule has 0 bridgehead atoms. The summed E-state index contributed by atoms with van der Waals surface area (Å²) in [6.07, 6.45) is 2.10. The minimum absolute atomic E-state index is 0.0197. The van der Waals surface area contributed by atoms with Crippen LogP contribution in [0.5, 0.6) is 0 Å². The molecule has 1 saturated heterocycles. The highest BCUT2D eigenvalue weighted by molar-refractivity contribution is 7.14. The predicted octanol–water partition coefficient (Wildman–Crippen LogP) is 1.80. The van der Waals surface area contributed by atoms with Crippen LogP contribution in [0.25, 0.3) is 0 Å². The third-order valence-electron chi connectivity index (χ3n) is 3.04. The van der Waals surface area contributed by atoms with Gasteiger partial charge in [0.2, 0.25) is 0 Å². The number of rotatable bonds is 4. The van der Waals surface area contributed by atoms with Gasteiger partial charge in [0, 0.05) is 30.3 Å². The van der Waals surface area contributed by atoms with Gasteiger partial charge in [-0.1, -0.05) is 0 Å². The van der Waals surface area contributed by atoms with Gasteiger partial charge in [-0.3, -0.25) is 4.79 Å². The monoisotopic (exact) mass is 254 g/mol. The van der Waals surface area contributed by atoms with Crippen molar-refractivity contribution in [1.29, 1.82) is 0 Å². The number of ether oxygens (including phenoxy) is 1. The van der Waals surface area contributed by atoms with Gasteiger partial charge in [-0.2, -0.15) is 0 Å². The first-order valence-electron chi connectivity index (χ1n) is 5.88. The van der Waals surface area contributed by atoms with Crippen molar-refractivity contribution in [3.05, 3.63) is 15.8 Å². The summed E-state index contributed by atoms with van der Waals surface area (Å²) in [6, 6.07) is 1.74. The van der Waals surface area contributed by atoms with Crippen molar-refractivity contribution in [2.45, 2.75) is 19.8 Å². The van der Waals surface area contributed by atoms with E-state index < -0.39 is 0 Å². The number of anilines is 1. The van der Waals surface area contributed by atoms with Gasteiger partial charge in [0.15, 0.2) is 0 Å². The van der Waals surface area contributed by atoms with Gasteiger partial charge in [0.25, 0.3) is 5.91 Å². The van der Waals surface area contributed by atoms with Crippen LogP contribution in [-0.2, 0) is 4.74 Å². The van der Waals surface area contributed by atoms with E-state index in [-0.39, 0.29) is 5.91 Å². The molecule has 1 fully saturated rings. The molecule has 5 heteroatoms. The lowest BCUT2D eigenvalue weighted by Crippen LogP contribution is -2.25. The molecular formula is C12H18N2O2S. The topological polar surface area (TPSA) is 64.3 Å². The second kappa shape index (κ2) is 5.51. The number of amides is 1. The fourth-order valence-electron chi connectivity index (χ4n) is 1.90. The first-order valence-corrected chi connectivity index (χ1v) is 6.70. The molecule has 0 spiro atoms. The van der Waals surface area contributed by atoms with Crippen LogP contribution in [0.4, 0.5) is 5.69 Å². The number of carbonyl (C=O) groups is 1. The van der Waals surface area contributed by atoms with Crippen molar-refractivity contribution in [2.75, 3.05) is 25.5 Å². The van der Waals surface area contributed by atoms with E-state index in [0.717, 1.165) is 30.9 Å². The molecule has 1 aliphatic rings. The number of carbonyl (C=O) groups excluding carboxylic acids is 1. The van der Waals surface area contributed by atoms with Crippen molar-refractivity contribution in [2.24, 2.45) is 5.92 Å². The van der Waals surface area contributed by atoms with Crippen molar-refractivity contribution in [1.82, 2.24) is 5.32 Å². The quantitative estimate of drug-likeness (QED) is 0.861. The Morgan fingerprint density at radius 2 is 2.53 bits per heavy atom. The Kier molecular flexibility index (Phi) is 4.02. The van der Waals surface area contributed by atoms with E-state index in [1.54, 1.807) is 6.07 Å². The lowest BCUT2D eigenvalue weighted by atomic mass is 10.1.